The van der Waals surface area contributed by atoms with Gasteiger partial charge in [-0.3, -0.25) is 14.5 Å². The highest BCUT2D eigenvalue weighted by Gasteiger charge is 2.54. The normalized spacial score (nSPS) is 22.3. The first kappa shape index (κ1) is 24.5. The molecule has 1 aromatic heterocycles. The third-order valence-corrected chi connectivity index (χ3v) is 7.53. The van der Waals surface area contributed by atoms with E-state index >= 15 is 0 Å². The minimum atomic E-state index is -1.29. The molecule has 3 aliphatic heterocycles. The van der Waals surface area contributed by atoms with Gasteiger partial charge in [-0.25, -0.2) is 14.6 Å². The number of carbonyl (C=O) groups is 4. The number of rotatable bonds is 7. The van der Waals surface area contributed by atoms with Crippen LogP contribution in [0.4, 0.5) is 9.93 Å². The molecule has 15 heteroatoms. The number of nitrogens with one attached hydrogen (secondary N) is 1. The summed E-state index contributed by atoms with van der Waals surface area (Å²) in [4.78, 5) is 55.8. The number of β-lactam (4-membered cyclic amide) rings is 1. The van der Waals surface area contributed by atoms with Crippen molar-refractivity contribution in [1.82, 2.24) is 20.1 Å². The molecule has 1 aromatic rings. The van der Waals surface area contributed by atoms with Crippen LogP contribution in [-0.4, -0.2) is 91.6 Å². The summed E-state index contributed by atoms with van der Waals surface area (Å²) in [5, 5.41) is 25.4. The van der Waals surface area contributed by atoms with E-state index in [0.29, 0.717) is 18.7 Å². The number of aliphatic carboxylic acids is 1. The molecule has 186 valence electrons. The van der Waals surface area contributed by atoms with Gasteiger partial charge in [0, 0.05) is 24.2 Å². The van der Waals surface area contributed by atoms with Crippen LogP contribution in [0.3, 0.4) is 0 Å². The Labute approximate surface area is 207 Å². The summed E-state index contributed by atoms with van der Waals surface area (Å²) in [6, 6.07) is -1.01. The third kappa shape index (κ3) is 4.95. The lowest BCUT2D eigenvalue weighted by atomic mass is 10.0. The number of carbonyl (C=O) groups excluding carboxylic acids is 3. The van der Waals surface area contributed by atoms with Crippen molar-refractivity contribution in [2.24, 2.45) is 5.16 Å². The average molecular weight is 523 g/mol. The molecule has 13 nitrogen and oxygen atoms in total. The van der Waals surface area contributed by atoms with E-state index in [1.165, 1.54) is 29.3 Å². The van der Waals surface area contributed by atoms with Crippen LogP contribution >= 0.6 is 23.1 Å². The summed E-state index contributed by atoms with van der Waals surface area (Å²) < 4.78 is 5.18. The van der Waals surface area contributed by atoms with Gasteiger partial charge in [0.2, 0.25) is 0 Å². The van der Waals surface area contributed by atoms with Crippen LogP contribution in [-0.2, 0) is 19.1 Å². The summed E-state index contributed by atoms with van der Waals surface area (Å²) in [6.07, 6.45) is 4.51. The molecule has 0 spiro atoms. The van der Waals surface area contributed by atoms with Crippen LogP contribution in [0.2, 0.25) is 0 Å². The highest BCUT2D eigenvalue weighted by molar-refractivity contribution is 8.00. The van der Waals surface area contributed by atoms with Crippen molar-refractivity contribution < 1.29 is 34.2 Å². The number of likely N-dealkylation sites (tertiary alicyclic amines) is 1. The standard InChI is InChI=1S/C20H22N6O7S2/c21-19-22-11(9-35-19)12(24-32)15(27)23-13-16(28)26-14(18(29)30)10(8-34-17(13)26)4-3-7-33-20(31)25-5-1-2-6-25/h3-4,9,13,17,32H,1-2,5-8H2,(H2,21,22)(H,23,27)(H,29,30)/b4-3-,24-12-/t13-,17-/m1/s1. The number of amides is 3. The van der Waals surface area contributed by atoms with Crippen molar-refractivity contribution in [1.29, 1.82) is 0 Å². The number of nitrogens with zero attached hydrogens (tertiary/aromatic N) is 4. The number of nitrogen functional groups attached to an aromatic ring is 1. The number of ether oxygens (including phenoxy) is 1. The van der Waals surface area contributed by atoms with Gasteiger partial charge in [0.1, 0.15) is 29.4 Å². The molecule has 3 amide bonds. The molecule has 2 fully saturated rings. The maximum atomic E-state index is 12.8. The molecule has 0 saturated carbocycles. The lowest BCUT2D eigenvalue weighted by Crippen LogP contribution is -2.71. The predicted molar refractivity (Wildman–Crippen MR) is 126 cm³/mol. The number of anilines is 1. The number of nitrogens with two attached hydrogens (primary N) is 1. The van der Waals surface area contributed by atoms with E-state index in [1.54, 1.807) is 4.90 Å². The second-order valence-electron chi connectivity index (χ2n) is 7.73. The van der Waals surface area contributed by atoms with Crippen LogP contribution in [0.5, 0.6) is 0 Å². The Morgan fingerprint density at radius 1 is 1.34 bits per heavy atom. The molecule has 0 unspecified atom stereocenters. The van der Waals surface area contributed by atoms with Gasteiger partial charge in [-0.05, 0) is 24.5 Å². The molecule has 0 aliphatic carbocycles. The van der Waals surface area contributed by atoms with Crippen molar-refractivity contribution in [2.75, 3.05) is 31.2 Å². The van der Waals surface area contributed by atoms with Gasteiger partial charge in [-0.2, -0.15) is 0 Å². The van der Waals surface area contributed by atoms with Gasteiger partial charge in [-0.1, -0.05) is 11.2 Å². The largest absolute Gasteiger partial charge is 0.477 e. The Bertz CT molecular complexity index is 1140. The number of fused-ring (bicyclic) bond motifs is 1. The number of aromatic nitrogens is 1. The molecule has 0 radical (unpaired) electrons. The van der Waals surface area contributed by atoms with E-state index in [0.717, 1.165) is 29.1 Å². The molecular weight excluding hydrogens is 500 g/mol. The zero-order chi connectivity index (χ0) is 25.1. The number of allylic oxidation sites excluding steroid dienone is 1. The number of thioether (sulfide) groups is 1. The summed E-state index contributed by atoms with van der Waals surface area (Å²) in [5.74, 6) is -2.50. The maximum absolute atomic E-state index is 12.8. The second kappa shape index (κ2) is 10.4. The van der Waals surface area contributed by atoms with Crippen molar-refractivity contribution in [3.63, 3.8) is 0 Å². The van der Waals surface area contributed by atoms with E-state index in [9.17, 15) is 29.5 Å². The van der Waals surface area contributed by atoms with Crippen LogP contribution in [0.25, 0.3) is 0 Å². The number of thiazole rings is 1. The van der Waals surface area contributed by atoms with Gasteiger partial charge in [0.25, 0.3) is 11.8 Å². The number of hydrogen-bond donors (Lipinski definition) is 4. The molecule has 2 saturated heterocycles. The molecule has 3 aliphatic rings. The van der Waals surface area contributed by atoms with Crippen molar-refractivity contribution in [3.05, 3.63) is 34.5 Å². The molecule has 2 atom stereocenters. The molecule has 35 heavy (non-hydrogen) atoms. The summed E-state index contributed by atoms with van der Waals surface area (Å²) in [7, 11) is 0. The summed E-state index contributed by atoms with van der Waals surface area (Å²) in [6.45, 7) is 1.29. The first-order valence-electron chi connectivity index (χ1n) is 10.6. The first-order chi connectivity index (χ1) is 16.8. The van der Waals surface area contributed by atoms with E-state index < -0.39 is 41.0 Å². The Kier molecular flexibility index (Phi) is 7.25. The highest BCUT2D eigenvalue weighted by Crippen LogP contribution is 2.40. The number of hydrogen-bond acceptors (Lipinski definition) is 11. The lowest BCUT2D eigenvalue weighted by Gasteiger charge is -2.49. The fourth-order valence-corrected chi connectivity index (χ4v) is 5.76. The second-order valence-corrected chi connectivity index (χ2v) is 9.73. The zero-order valence-electron chi connectivity index (χ0n) is 18.2. The zero-order valence-corrected chi connectivity index (χ0v) is 19.9. The Morgan fingerprint density at radius 2 is 2.09 bits per heavy atom. The van der Waals surface area contributed by atoms with Crippen LogP contribution in [0.15, 0.2) is 34.0 Å². The molecule has 4 heterocycles. The van der Waals surface area contributed by atoms with Crippen LogP contribution < -0.4 is 11.1 Å². The quantitative estimate of drug-likeness (QED) is 0.169. The van der Waals surface area contributed by atoms with Crippen LogP contribution in [0.1, 0.15) is 18.5 Å². The van der Waals surface area contributed by atoms with Crippen molar-refractivity contribution >= 4 is 57.8 Å². The van der Waals surface area contributed by atoms with Gasteiger partial charge < -0.3 is 31.0 Å². The summed E-state index contributed by atoms with van der Waals surface area (Å²) in [5.41, 5.74) is 5.37. The Hall–Kier alpha value is -3.59. The molecule has 0 aromatic carbocycles. The predicted octanol–water partition coefficient (Wildman–Crippen LogP) is 0.431. The number of carboxylic acid groups (broad SMARTS) is 1. The van der Waals surface area contributed by atoms with E-state index in [2.05, 4.69) is 15.5 Å². The van der Waals surface area contributed by atoms with Crippen molar-refractivity contribution in [3.8, 4) is 0 Å². The monoisotopic (exact) mass is 522 g/mol. The SMILES string of the molecule is Nc1nc(/C(=N/O)C(=O)N[C@@H]2C(=O)N3C(C(=O)O)=C(/C=C\COC(=O)N4CCCC4)CS[C@H]23)cs1. The van der Waals surface area contributed by atoms with E-state index in [1.807, 2.05) is 0 Å². The fourth-order valence-electron chi connectivity index (χ4n) is 3.89. The number of oxime groups is 1. The molecule has 5 N–H and O–H groups in total. The average Bonchev–Trinajstić information content (AvgIpc) is 3.52. The highest BCUT2D eigenvalue weighted by atomic mass is 32.2. The van der Waals surface area contributed by atoms with E-state index in [4.69, 9.17) is 10.5 Å². The number of carboxylic acids is 1. The maximum Gasteiger partial charge on any atom is 0.410 e. The minimum absolute atomic E-state index is 0.0309. The first-order valence-corrected chi connectivity index (χ1v) is 12.5. The lowest BCUT2D eigenvalue weighted by molar-refractivity contribution is -0.150. The van der Waals surface area contributed by atoms with Gasteiger partial charge in [0.15, 0.2) is 10.8 Å². The Morgan fingerprint density at radius 3 is 2.71 bits per heavy atom. The summed E-state index contributed by atoms with van der Waals surface area (Å²) >= 11 is 2.32. The van der Waals surface area contributed by atoms with Gasteiger partial charge >= 0.3 is 12.1 Å². The smallest absolute Gasteiger partial charge is 0.410 e. The molecule has 0 bridgehead atoms. The van der Waals surface area contributed by atoms with Gasteiger partial charge in [-0.15, -0.1) is 23.1 Å². The topological polar surface area (TPSA) is 188 Å². The Balaban J connectivity index is 1.40. The molecular formula is C20H22N6O7S2. The van der Waals surface area contributed by atoms with E-state index in [-0.39, 0.29) is 28.9 Å². The van der Waals surface area contributed by atoms with Crippen LogP contribution in [0, 0.1) is 0 Å². The van der Waals surface area contributed by atoms with Crippen molar-refractivity contribution in [2.45, 2.75) is 24.3 Å². The minimum Gasteiger partial charge on any atom is -0.477 e. The third-order valence-electron chi connectivity index (χ3n) is 5.55. The fraction of sp³-hybridized carbons (Fsp3) is 0.400. The molecule has 4 rings (SSSR count). The van der Waals surface area contributed by atoms with Gasteiger partial charge in [0.05, 0.1) is 0 Å².